The van der Waals surface area contributed by atoms with Gasteiger partial charge in [-0.2, -0.15) is 0 Å². The summed E-state index contributed by atoms with van der Waals surface area (Å²) >= 11 is 0. The molecule has 0 radical (unpaired) electrons. The largest absolute Gasteiger partial charge is 0.472 e. The summed E-state index contributed by atoms with van der Waals surface area (Å²) in [6.07, 6.45) is 12.7. The van der Waals surface area contributed by atoms with Crippen LogP contribution in [0.5, 0.6) is 0 Å². The van der Waals surface area contributed by atoms with Crippen molar-refractivity contribution in [2.24, 2.45) is 5.92 Å². The van der Waals surface area contributed by atoms with Crippen LogP contribution in [0, 0.1) is 5.92 Å². The van der Waals surface area contributed by atoms with E-state index < -0.39 is 6.10 Å². The smallest absolute Gasteiger partial charge is 0.253 e. The molecular formula is C19H20N4O3. The maximum Gasteiger partial charge on any atom is 0.253 e. The first kappa shape index (κ1) is 16.5. The number of hydrogen-bond donors (Lipinski definition) is 2. The van der Waals surface area contributed by atoms with Gasteiger partial charge in [0.25, 0.3) is 5.91 Å². The van der Waals surface area contributed by atoms with Crippen LogP contribution in [0.15, 0.2) is 60.2 Å². The molecule has 7 nitrogen and oxygen atoms in total. The van der Waals surface area contributed by atoms with Crippen LogP contribution in [0.25, 0.3) is 11.1 Å². The summed E-state index contributed by atoms with van der Waals surface area (Å²) in [7, 11) is 0. The highest BCUT2D eigenvalue weighted by molar-refractivity contribution is 5.95. The van der Waals surface area contributed by atoms with Crippen molar-refractivity contribution in [3.8, 4) is 11.1 Å². The minimum absolute atomic E-state index is 0.227. The molecule has 3 aromatic heterocycles. The monoisotopic (exact) mass is 352 g/mol. The average Bonchev–Trinajstić information content (AvgIpc) is 3.39. The van der Waals surface area contributed by atoms with Gasteiger partial charge in [-0.1, -0.05) is 0 Å². The van der Waals surface area contributed by atoms with Crippen molar-refractivity contribution in [3.05, 3.63) is 61.3 Å². The molecule has 0 bridgehead atoms. The van der Waals surface area contributed by atoms with Crippen molar-refractivity contribution < 1.29 is 14.3 Å². The molecular weight excluding hydrogens is 332 g/mol. The lowest BCUT2D eigenvalue weighted by Gasteiger charge is -2.16. The number of aliphatic hydroxyl groups excluding tert-OH is 1. The van der Waals surface area contributed by atoms with Crippen molar-refractivity contribution in [1.29, 1.82) is 0 Å². The van der Waals surface area contributed by atoms with Gasteiger partial charge >= 0.3 is 0 Å². The lowest BCUT2D eigenvalue weighted by atomic mass is 10.1. The first-order valence-corrected chi connectivity index (χ1v) is 8.61. The second-order valence-corrected chi connectivity index (χ2v) is 6.72. The predicted octanol–water partition coefficient (Wildman–Crippen LogP) is 2.11. The van der Waals surface area contributed by atoms with Gasteiger partial charge in [0.15, 0.2) is 0 Å². The van der Waals surface area contributed by atoms with Crippen LogP contribution in [0.3, 0.4) is 0 Å². The van der Waals surface area contributed by atoms with Gasteiger partial charge in [0.1, 0.15) is 0 Å². The van der Waals surface area contributed by atoms with E-state index in [4.69, 9.17) is 4.42 Å². The zero-order valence-electron chi connectivity index (χ0n) is 14.2. The second-order valence-electron chi connectivity index (χ2n) is 6.72. The van der Waals surface area contributed by atoms with Crippen LogP contribution in [0.4, 0.5) is 0 Å². The second kappa shape index (κ2) is 7.13. The number of aliphatic hydroxyl groups is 1. The Labute approximate surface area is 150 Å². The summed E-state index contributed by atoms with van der Waals surface area (Å²) in [6, 6.07) is 3.34. The molecule has 1 fully saturated rings. The molecule has 1 amide bonds. The number of imidazole rings is 1. The number of aromatic nitrogens is 3. The molecule has 1 aliphatic carbocycles. The number of carbonyl (C=O) groups excluding carboxylic acids is 1. The number of nitrogens with one attached hydrogen (secondary N) is 1. The highest BCUT2D eigenvalue weighted by Crippen LogP contribution is 2.28. The van der Waals surface area contributed by atoms with Gasteiger partial charge in [-0.15, -0.1) is 0 Å². The lowest BCUT2D eigenvalue weighted by molar-refractivity contribution is 0.0872. The van der Waals surface area contributed by atoms with Gasteiger partial charge in [0.05, 0.1) is 36.6 Å². The predicted molar refractivity (Wildman–Crippen MR) is 94.2 cm³/mol. The summed E-state index contributed by atoms with van der Waals surface area (Å²) in [6.45, 7) is 0.793. The fourth-order valence-corrected chi connectivity index (χ4v) is 3.52. The molecule has 1 saturated carbocycles. The van der Waals surface area contributed by atoms with Crippen LogP contribution in [-0.4, -0.2) is 37.7 Å². The Morgan fingerprint density at radius 3 is 3.00 bits per heavy atom. The van der Waals surface area contributed by atoms with E-state index in [2.05, 4.69) is 15.3 Å². The number of pyridine rings is 1. The number of amides is 1. The van der Waals surface area contributed by atoms with Crippen LogP contribution in [0.2, 0.25) is 0 Å². The maximum atomic E-state index is 12.6. The SMILES string of the molecule is O=C(N[C@@H]1CC(Cn2ccnc2)C[C@H]1O)c1cncc(-c2ccoc2)c1. The van der Waals surface area contributed by atoms with E-state index in [0.29, 0.717) is 17.9 Å². The van der Waals surface area contributed by atoms with Crippen LogP contribution in [-0.2, 0) is 6.54 Å². The van der Waals surface area contributed by atoms with Gasteiger partial charge in [-0.05, 0) is 30.9 Å². The average molecular weight is 352 g/mol. The summed E-state index contributed by atoms with van der Waals surface area (Å²) in [5, 5.41) is 13.3. The zero-order valence-corrected chi connectivity index (χ0v) is 14.2. The van der Waals surface area contributed by atoms with Crippen LogP contribution >= 0.6 is 0 Å². The van der Waals surface area contributed by atoms with E-state index >= 15 is 0 Å². The number of nitrogens with zero attached hydrogens (tertiary/aromatic N) is 3. The zero-order chi connectivity index (χ0) is 17.9. The normalized spacial score (nSPS) is 22.4. The molecule has 1 unspecified atom stereocenters. The summed E-state index contributed by atoms with van der Waals surface area (Å²) < 4.78 is 7.08. The molecule has 7 heteroatoms. The molecule has 3 aromatic rings. The Hall–Kier alpha value is -2.93. The van der Waals surface area contributed by atoms with Crippen molar-refractivity contribution in [1.82, 2.24) is 19.9 Å². The van der Waals surface area contributed by atoms with Crippen molar-refractivity contribution in [2.45, 2.75) is 31.5 Å². The minimum Gasteiger partial charge on any atom is -0.472 e. The Balaban J connectivity index is 1.41. The lowest BCUT2D eigenvalue weighted by Crippen LogP contribution is -2.40. The quantitative estimate of drug-likeness (QED) is 0.733. The van der Waals surface area contributed by atoms with Gasteiger partial charge in [-0.25, -0.2) is 4.98 Å². The Morgan fingerprint density at radius 2 is 2.23 bits per heavy atom. The highest BCUT2D eigenvalue weighted by Gasteiger charge is 2.34. The molecule has 1 aliphatic rings. The number of hydrogen-bond acceptors (Lipinski definition) is 5. The van der Waals surface area contributed by atoms with Gasteiger partial charge < -0.3 is 19.4 Å². The molecule has 3 atom stereocenters. The van der Waals surface area contributed by atoms with Crippen molar-refractivity contribution >= 4 is 5.91 Å². The molecule has 0 aromatic carbocycles. The summed E-state index contributed by atoms with van der Waals surface area (Å²) in [4.78, 5) is 20.8. The third kappa shape index (κ3) is 3.52. The van der Waals surface area contributed by atoms with Crippen LogP contribution in [0.1, 0.15) is 23.2 Å². The Morgan fingerprint density at radius 1 is 1.31 bits per heavy atom. The molecule has 2 N–H and O–H groups in total. The van der Waals surface area contributed by atoms with E-state index in [0.717, 1.165) is 24.1 Å². The van der Waals surface area contributed by atoms with Gasteiger partial charge in [-0.3, -0.25) is 9.78 Å². The molecule has 0 aliphatic heterocycles. The first-order valence-electron chi connectivity index (χ1n) is 8.61. The number of furan rings is 1. The molecule has 3 heterocycles. The third-order valence-corrected chi connectivity index (χ3v) is 4.83. The summed E-state index contributed by atoms with van der Waals surface area (Å²) in [5.41, 5.74) is 2.15. The van der Waals surface area contributed by atoms with E-state index in [1.165, 1.54) is 6.20 Å². The molecule has 0 spiro atoms. The number of rotatable bonds is 5. The fourth-order valence-electron chi connectivity index (χ4n) is 3.52. The molecule has 26 heavy (non-hydrogen) atoms. The van der Waals surface area contributed by atoms with Gasteiger partial charge in [0.2, 0.25) is 0 Å². The number of carbonyl (C=O) groups is 1. The third-order valence-electron chi connectivity index (χ3n) is 4.83. The van der Waals surface area contributed by atoms with Gasteiger partial charge in [0, 0.05) is 42.5 Å². The van der Waals surface area contributed by atoms with E-state index in [-0.39, 0.29) is 11.9 Å². The van der Waals surface area contributed by atoms with E-state index in [1.807, 2.05) is 16.8 Å². The highest BCUT2D eigenvalue weighted by atomic mass is 16.3. The van der Waals surface area contributed by atoms with E-state index in [9.17, 15) is 9.90 Å². The summed E-state index contributed by atoms with van der Waals surface area (Å²) in [5.74, 6) is 0.0788. The Bertz CT molecular complexity index is 861. The van der Waals surface area contributed by atoms with Crippen molar-refractivity contribution in [2.75, 3.05) is 0 Å². The molecule has 134 valence electrons. The maximum absolute atomic E-state index is 12.6. The Kier molecular flexibility index (Phi) is 4.53. The van der Waals surface area contributed by atoms with E-state index in [1.54, 1.807) is 37.3 Å². The molecule has 0 saturated heterocycles. The molecule has 4 rings (SSSR count). The minimum atomic E-state index is -0.544. The van der Waals surface area contributed by atoms with Crippen molar-refractivity contribution in [3.63, 3.8) is 0 Å². The first-order chi connectivity index (χ1) is 12.7. The van der Waals surface area contributed by atoms with Crippen LogP contribution < -0.4 is 5.32 Å². The fraction of sp³-hybridized carbons (Fsp3) is 0.316. The standard InChI is InChI=1S/C19H20N4O3/c24-18-6-13(10-23-3-2-20-12-23)5-17(18)22-19(25)16-7-15(8-21-9-16)14-1-4-26-11-14/h1-4,7-9,11-13,17-18,24H,5-6,10H2,(H,22,25)/t13?,17-,18-/m1/s1. The topological polar surface area (TPSA) is 93.2 Å².